The highest BCUT2D eigenvalue weighted by Gasteiger charge is 2.31. The average molecular weight is 258 g/mol. The minimum Gasteiger partial charge on any atom is -0.352 e. The molecule has 0 aromatic heterocycles. The first-order valence-corrected chi connectivity index (χ1v) is 5.13. The Labute approximate surface area is 104 Å². The fourth-order valence-corrected chi connectivity index (χ4v) is 1.53. The Bertz CT molecular complexity index is 465. The van der Waals surface area contributed by atoms with Crippen LogP contribution in [0.25, 0.3) is 0 Å². The van der Waals surface area contributed by atoms with Crippen molar-refractivity contribution in [2.45, 2.75) is 19.4 Å². The number of ether oxygens (including phenoxy) is 2. The Morgan fingerprint density at radius 3 is 2.22 bits per heavy atom. The fourth-order valence-electron chi connectivity index (χ4n) is 1.53. The molecule has 18 heavy (non-hydrogen) atoms. The summed E-state index contributed by atoms with van der Waals surface area (Å²) in [6, 6.07) is 3.30. The second-order valence-electron chi connectivity index (χ2n) is 3.48. The summed E-state index contributed by atoms with van der Waals surface area (Å²) >= 11 is 0. The van der Waals surface area contributed by atoms with Crippen LogP contribution in [0.1, 0.15) is 29.9 Å². The summed E-state index contributed by atoms with van der Waals surface area (Å²) in [4.78, 5) is 0. The van der Waals surface area contributed by atoms with Crippen LogP contribution in [0, 0.1) is 11.8 Å². The molecule has 5 heteroatoms. The lowest BCUT2D eigenvalue weighted by Gasteiger charge is -2.17. The molecule has 0 spiro atoms. The first kappa shape index (κ1) is 14.6. The van der Waals surface area contributed by atoms with Crippen molar-refractivity contribution in [3.05, 3.63) is 34.9 Å². The molecule has 1 aromatic rings. The van der Waals surface area contributed by atoms with E-state index in [1.165, 1.54) is 20.3 Å². The van der Waals surface area contributed by atoms with E-state index < -0.39 is 18.0 Å². The molecule has 1 aromatic carbocycles. The van der Waals surface area contributed by atoms with Gasteiger partial charge in [-0.2, -0.15) is 13.2 Å². The van der Waals surface area contributed by atoms with E-state index in [9.17, 15) is 13.2 Å². The Hall–Kier alpha value is -1.51. The van der Waals surface area contributed by atoms with Crippen LogP contribution in [-0.4, -0.2) is 14.2 Å². The van der Waals surface area contributed by atoms with Crippen LogP contribution < -0.4 is 0 Å². The van der Waals surface area contributed by atoms with Crippen LogP contribution in [0.4, 0.5) is 13.2 Å². The third-order valence-corrected chi connectivity index (χ3v) is 2.32. The molecule has 0 radical (unpaired) electrons. The van der Waals surface area contributed by atoms with Crippen molar-refractivity contribution in [1.82, 2.24) is 0 Å². The van der Waals surface area contributed by atoms with Gasteiger partial charge < -0.3 is 9.47 Å². The summed E-state index contributed by atoms with van der Waals surface area (Å²) < 4.78 is 47.8. The molecule has 0 unspecified atom stereocenters. The standard InChI is InChI=1S/C13H13F3O2/c1-4-5-9-8-10(13(14,15)16)6-7-11(9)12(17-2)18-3/h6-8,12H,1-3H3. The van der Waals surface area contributed by atoms with Gasteiger partial charge in [-0.25, -0.2) is 0 Å². The second kappa shape index (κ2) is 5.89. The number of benzene rings is 1. The number of methoxy groups -OCH3 is 2. The van der Waals surface area contributed by atoms with Gasteiger partial charge >= 0.3 is 6.18 Å². The predicted molar refractivity (Wildman–Crippen MR) is 60.8 cm³/mol. The van der Waals surface area contributed by atoms with Crippen LogP contribution in [0.15, 0.2) is 18.2 Å². The Kier molecular flexibility index (Phi) is 4.76. The lowest BCUT2D eigenvalue weighted by molar-refractivity contribution is -0.137. The van der Waals surface area contributed by atoms with Gasteiger partial charge in [-0.05, 0) is 19.1 Å². The summed E-state index contributed by atoms with van der Waals surface area (Å²) in [5, 5.41) is 0. The number of alkyl halides is 3. The first-order valence-electron chi connectivity index (χ1n) is 5.13. The maximum atomic E-state index is 12.6. The highest BCUT2D eigenvalue weighted by Crippen LogP contribution is 2.32. The van der Waals surface area contributed by atoms with Gasteiger partial charge in [0.1, 0.15) is 0 Å². The molecule has 0 saturated heterocycles. The molecule has 0 aliphatic rings. The molecule has 0 N–H and O–H groups in total. The van der Waals surface area contributed by atoms with Gasteiger partial charge in [0.2, 0.25) is 0 Å². The molecule has 0 amide bonds. The van der Waals surface area contributed by atoms with Crippen LogP contribution >= 0.6 is 0 Å². The molecule has 1 rings (SSSR count). The van der Waals surface area contributed by atoms with Crippen molar-refractivity contribution < 1.29 is 22.6 Å². The van der Waals surface area contributed by atoms with Gasteiger partial charge in [-0.15, -0.1) is 5.92 Å². The van der Waals surface area contributed by atoms with Crippen LogP contribution in [-0.2, 0) is 15.7 Å². The fraction of sp³-hybridized carbons (Fsp3) is 0.385. The summed E-state index contributed by atoms with van der Waals surface area (Å²) in [5.74, 6) is 5.21. The highest BCUT2D eigenvalue weighted by molar-refractivity contribution is 5.45. The van der Waals surface area contributed by atoms with Crippen LogP contribution in [0.2, 0.25) is 0 Å². The van der Waals surface area contributed by atoms with Crippen molar-refractivity contribution in [1.29, 1.82) is 0 Å². The van der Waals surface area contributed by atoms with E-state index >= 15 is 0 Å². The quantitative estimate of drug-likeness (QED) is 0.611. The van der Waals surface area contributed by atoms with Crippen molar-refractivity contribution in [3.63, 3.8) is 0 Å². The average Bonchev–Trinajstić information content (AvgIpc) is 2.31. The van der Waals surface area contributed by atoms with E-state index in [0.717, 1.165) is 12.1 Å². The summed E-state index contributed by atoms with van der Waals surface area (Å²) in [6.07, 6.45) is -5.12. The second-order valence-corrected chi connectivity index (χ2v) is 3.48. The number of hydrogen-bond donors (Lipinski definition) is 0. The van der Waals surface area contributed by atoms with Gasteiger partial charge in [0.25, 0.3) is 0 Å². The van der Waals surface area contributed by atoms with Crippen molar-refractivity contribution in [2.75, 3.05) is 14.2 Å². The normalized spacial score (nSPS) is 11.3. The molecule has 0 saturated carbocycles. The van der Waals surface area contributed by atoms with E-state index in [-0.39, 0.29) is 5.56 Å². The van der Waals surface area contributed by atoms with E-state index in [4.69, 9.17) is 9.47 Å². The van der Waals surface area contributed by atoms with E-state index in [2.05, 4.69) is 11.8 Å². The molecule has 0 aliphatic heterocycles. The zero-order valence-electron chi connectivity index (χ0n) is 10.3. The van der Waals surface area contributed by atoms with Gasteiger partial charge in [-0.3, -0.25) is 0 Å². The maximum absolute atomic E-state index is 12.6. The molecule has 0 aliphatic carbocycles. The lowest BCUT2D eigenvalue weighted by atomic mass is 10.0. The molecule has 0 heterocycles. The third kappa shape index (κ3) is 3.25. The summed E-state index contributed by atoms with van der Waals surface area (Å²) in [6.45, 7) is 1.55. The van der Waals surface area contributed by atoms with Crippen molar-refractivity contribution in [3.8, 4) is 11.8 Å². The number of rotatable bonds is 3. The van der Waals surface area contributed by atoms with Gasteiger partial charge in [-0.1, -0.05) is 12.0 Å². The minimum atomic E-state index is -4.39. The largest absolute Gasteiger partial charge is 0.416 e. The number of halogens is 3. The van der Waals surface area contributed by atoms with E-state index in [1.54, 1.807) is 6.92 Å². The zero-order chi connectivity index (χ0) is 13.8. The molecular weight excluding hydrogens is 245 g/mol. The SMILES string of the molecule is CC#Cc1cc(C(F)(F)F)ccc1C(OC)OC. The predicted octanol–water partition coefficient (Wildman–Crippen LogP) is 3.37. The first-order chi connectivity index (χ1) is 8.43. The number of hydrogen-bond acceptors (Lipinski definition) is 2. The maximum Gasteiger partial charge on any atom is 0.416 e. The molecular formula is C13H13F3O2. The van der Waals surface area contributed by atoms with Crippen molar-refractivity contribution >= 4 is 0 Å². The molecule has 98 valence electrons. The Balaban J connectivity index is 3.31. The molecule has 2 nitrogen and oxygen atoms in total. The van der Waals surface area contributed by atoms with Gasteiger partial charge in [0.05, 0.1) is 5.56 Å². The monoisotopic (exact) mass is 258 g/mol. The minimum absolute atomic E-state index is 0.251. The highest BCUT2D eigenvalue weighted by atomic mass is 19.4. The smallest absolute Gasteiger partial charge is 0.352 e. The zero-order valence-corrected chi connectivity index (χ0v) is 10.3. The van der Waals surface area contributed by atoms with Crippen molar-refractivity contribution in [2.24, 2.45) is 0 Å². The van der Waals surface area contributed by atoms with Gasteiger partial charge in [0, 0.05) is 25.3 Å². The van der Waals surface area contributed by atoms with Crippen LogP contribution in [0.5, 0.6) is 0 Å². The molecule has 0 atom stereocenters. The van der Waals surface area contributed by atoms with E-state index in [1.807, 2.05) is 0 Å². The van der Waals surface area contributed by atoms with Crippen LogP contribution in [0.3, 0.4) is 0 Å². The van der Waals surface area contributed by atoms with Gasteiger partial charge in [0.15, 0.2) is 6.29 Å². The topological polar surface area (TPSA) is 18.5 Å². The lowest BCUT2D eigenvalue weighted by Crippen LogP contribution is -2.10. The third-order valence-electron chi connectivity index (χ3n) is 2.32. The Morgan fingerprint density at radius 2 is 1.78 bits per heavy atom. The summed E-state index contributed by atoms with van der Waals surface area (Å²) in [7, 11) is 2.82. The van der Waals surface area contributed by atoms with E-state index in [0.29, 0.717) is 5.56 Å². The Morgan fingerprint density at radius 1 is 1.17 bits per heavy atom. The molecule has 0 bridgehead atoms. The summed E-state index contributed by atoms with van der Waals surface area (Å²) in [5.41, 5.74) is -0.0154. The molecule has 0 fully saturated rings.